The third kappa shape index (κ3) is 3.06. The molecule has 1 aliphatic rings. The van der Waals surface area contributed by atoms with Crippen LogP contribution in [-0.2, 0) is 6.54 Å². The van der Waals surface area contributed by atoms with Crippen LogP contribution in [0.4, 0.5) is 15.8 Å². The van der Waals surface area contributed by atoms with E-state index in [0.717, 1.165) is 28.4 Å². The molecule has 5 rings (SSSR count). The molecule has 5 nitrogen and oxygen atoms in total. The lowest BCUT2D eigenvalue weighted by atomic mass is 10.0. The summed E-state index contributed by atoms with van der Waals surface area (Å²) in [6.45, 7) is 2.39. The second-order valence-electron chi connectivity index (χ2n) is 7.30. The first-order valence-electron chi connectivity index (χ1n) is 9.78. The van der Waals surface area contributed by atoms with Gasteiger partial charge in [0.25, 0.3) is 0 Å². The normalized spacial score (nSPS) is 12.3. The zero-order chi connectivity index (χ0) is 20.7. The number of hydrogen-bond acceptors (Lipinski definition) is 4. The minimum absolute atomic E-state index is 0.302. The monoisotopic (exact) mass is 397 g/mol. The highest BCUT2D eigenvalue weighted by atomic mass is 19.1. The van der Waals surface area contributed by atoms with E-state index in [0.29, 0.717) is 23.7 Å². The Morgan fingerprint density at radius 3 is 2.20 bits per heavy atom. The second-order valence-corrected chi connectivity index (χ2v) is 7.30. The van der Waals surface area contributed by atoms with Gasteiger partial charge in [-0.25, -0.2) is 19.0 Å². The number of nitrogens with zero attached hydrogens (tertiary/aromatic N) is 5. The molecule has 3 aromatic carbocycles. The fraction of sp³-hybridized carbons (Fsp3) is 0.125. The number of anilines is 1. The Bertz CT molecular complexity index is 1200. The van der Waals surface area contributed by atoms with Gasteiger partial charge in [0.1, 0.15) is 11.5 Å². The predicted octanol–water partition coefficient (Wildman–Crippen LogP) is 4.83. The fourth-order valence-electron chi connectivity index (χ4n) is 3.84. The van der Waals surface area contributed by atoms with Crippen molar-refractivity contribution >= 4 is 17.1 Å². The molecule has 2 heterocycles. The zero-order valence-corrected chi connectivity index (χ0v) is 16.7. The van der Waals surface area contributed by atoms with Gasteiger partial charge in [0.15, 0.2) is 11.6 Å². The number of aryl methyl sites for hydroxylation is 1. The number of hydrogen-bond donors (Lipinski definition) is 0. The number of aliphatic imine (C=N–C) groups is 1. The Morgan fingerprint density at radius 2 is 1.57 bits per heavy atom. The average Bonchev–Trinajstić information content (AvgIpc) is 3.14. The lowest BCUT2D eigenvalue weighted by Gasteiger charge is -2.28. The average molecular weight is 397 g/mol. The number of rotatable bonds is 3. The summed E-state index contributed by atoms with van der Waals surface area (Å²) < 4.78 is 16.9. The molecule has 0 fully saturated rings. The zero-order valence-electron chi connectivity index (χ0n) is 16.7. The van der Waals surface area contributed by atoms with Crippen LogP contribution in [0.3, 0.4) is 0 Å². The third-order valence-electron chi connectivity index (χ3n) is 5.17. The van der Waals surface area contributed by atoms with Gasteiger partial charge in [-0.05, 0) is 19.1 Å². The quantitative estimate of drug-likeness (QED) is 0.465. The maximum absolute atomic E-state index is 15.1. The molecule has 148 valence electrons. The van der Waals surface area contributed by atoms with Gasteiger partial charge in [0, 0.05) is 18.2 Å². The summed E-state index contributed by atoms with van der Waals surface area (Å²) in [5.74, 6) is 1.15. The lowest BCUT2D eigenvalue weighted by molar-refractivity contribution is 0.625. The molecule has 30 heavy (non-hydrogen) atoms. The molecule has 0 saturated heterocycles. The van der Waals surface area contributed by atoms with Crippen LogP contribution < -0.4 is 4.90 Å². The van der Waals surface area contributed by atoms with Crippen LogP contribution in [0.1, 0.15) is 22.8 Å². The van der Waals surface area contributed by atoms with Gasteiger partial charge in [-0.1, -0.05) is 60.7 Å². The minimum atomic E-state index is -0.370. The van der Waals surface area contributed by atoms with E-state index in [4.69, 9.17) is 4.99 Å². The van der Waals surface area contributed by atoms with Crippen LogP contribution >= 0.6 is 0 Å². The standard InChI is InChI=1S/C24H20FN5/c1-16-26-21-15-29(2)24-20(30(21)28-16)14-13-19(25)23(24)27-22(17-9-5-3-6-10-17)18-11-7-4-8-12-18/h3-14H,15H2,1-2H3. The number of benzene rings is 3. The molecule has 6 heteroatoms. The van der Waals surface area contributed by atoms with E-state index in [1.807, 2.05) is 79.5 Å². The first-order chi connectivity index (χ1) is 14.6. The van der Waals surface area contributed by atoms with Crippen molar-refractivity contribution in [1.82, 2.24) is 14.8 Å². The minimum Gasteiger partial charge on any atom is -0.363 e. The maximum atomic E-state index is 15.1. The summed E-state index contributed by atoms with van der Waals surface area (Å²) in [6.07, 6.45) is 0. The summed E-state index contributed by atoms with van der Waals surface area (Å²) >= 11 is 0. The molecule has 0 radical (unpaired) electrons. The summed E-state index contributed by atoms with van der Waals surface area (Å²) in [5.41, 5.74) is 4.36. The molecule has 4 aromatic rings. The van der Waals surface area contributed by atoms with Gasteiger partial charge >= 0.3 is 0 Å². The van der Waals surface area contributed by atoms with Gasteiger partial charge in [0.05, 0.1) is 23.6 Å². The van der Waals surface area contributed by atoms with E-state index in [1.165, 1.54) is 6.07 Å². The van der Waals surface area contributed by atoms with Crippen molar-refractivity contribution in [2.75, 3.05) is 11.9 Å². The molecule has 0 bridgehead atoms. The largest absolute Gasteiger partial charge is 0.363 e. The van der Waals surface area contributed by atoms with Crippen molar-refractivity contribution in [3.8, 4) is 5.69 Å². The second kappa shape index (κ2) is 7.22. The molecule has 1 aliphatic heterocycles. The van der Waals surface area contributed by atoms with E-state index in [9.17, 15) is 0 Å². The Labute approximate surface area is 174 Å². The number of fused-ring (bicyclic) bond motifs is 3. The van der Waals surface area contributed by atoms with Gasteiger partial charge in [-0.3, -0.25) is 0 Å². The molecule has 0 unspecified atom stereocenters. The molecule has 0 aliphatic carbocycles. The molecular formula is C24H20FN5. The van der Waals surface area contributed by atoms with Crippen molar-refractivity contribution in [1.29, 1.82) is 0 Å². The smallest absolute Gasteiger partial charge is 0.152 e. The van der Waals surface area contributed by atoms with Gasteiger partial charge in [-0.15, -0.1) is 0 Å². The van der Waals surface area contributed by atoms with Crippen LogP contribution in [0, 0.1) is 12.7 Å². The van der Waals surface area contributed by atoms with Crippen molar-refractivity contribution in [3.05, 3.63) is 101 Å². The highest BCUT2D eigenvalue weighted by Crippen LogP contribution is 2.40. The molecule has 0 saturated carbocycles. The number of aromatic nitrogens is 3. The fourth-order valence-corrected chi connectivity index (χ4v) is 3.84. The molecule has 0 amide bonds. The van der Waals surface area contributed by atoms with Crippen LogP contribution in [0.25, 0.3) is 5.69 Å². The van der Waals surface area contributed by atoms with Crippen molar-refractivity contribution < 1.29 is 4.39 Å². The lowest BCUT2D eigenvalue weighted by Crippen LogP contribution is -2.26. The molecular weight excluding hydrogens is 377 g/mol. The first-order valence-corrected chi connectivity index (χ1v) is 9.78. The van der Waals surface area contributed by atoms with Gasteiger partial charge < -0.3 is 4.90 Å². The number of halogens is 1. The topological polar surface area (TPSA) is 46.3 Å². The van der Waals surface area contributed by atoms with Crippen molar-refractivity contribution in [3.63, 3.8) is 0 Å². The molecule has 0 N–H and O–H groups in total. The Morgan fingerprint density at radius 1 is 0.933 bits per heavy atom. The molecule has 0 atom stereocenters. The Kier molecular flexibility index (Phi) is 4.39. The summed E-state index contributed by atoms with van der Waals surface area (Å²) in [5, 5.41) is 4.50. The Hall–Kier alpha value is -3.80. The summed E-state index contributed by atoms with van der Waals surface area (Å²) in [6, 6.07) is 22.9. The molecule has 0 spiro atoms. The summed E-state index contributed by atoms with van der Waals surface area (Å²) in [4.78, 5) is 11.4. The Balaban J connectivity index is 1.77. The van der Waals surface area contributed by atoms with Crippen LogP contribution in [0.15, 0.2) is 77.8 Å². The first kappa shape index (κ1) is 18.2. The van der Waals surface area contributed by atoms with E-state index in [-0.39, 0.29) is 5.82 Å². The van der Waals surface area contributed by atoms with Gasteiger partial charge in [0.2, 0.25) is 0 Å². The van der Waals surface area contributed by atoms with E-state index >= 15 is 4.39 Å². The summed E-state index contributed by atoms with van der Waals surface area (Å²) in [7, 11) is 1.93. The molecule has 1 aromatic heterocycles. The third-order valence-corrected chi connectivity index (χ3v) is 5.17. The highest BCUT2D eigenvalue weighted by Gasteiger charge is 2.27. The van der Waals surface area contributed by atoms with Crippen LogP contribution in [0.5, 0.6) is 0 Å². The predicted molar refractivity (Wildman–Crippen MR) is 116 cm³/mol. The van der Waals surface area contributed by atoms with Crippen molar-refractivity contribution in [2.45, 2.75) is 13.5 Å². The van der Waals surface area contributed by atoms with Crippen LogP contribution in [0.2, 0.25) is 0 Å². The van der Waals surface area contributed by atoms with Crippen LogP contribution in [-0.4, -0.2) is 27.5 Å². The highest BCUT2D eigenvalue weighted by molar-refractivity contribution is 6.14. The van der Waals surface area contributed by atoms with E-state index < -0.39 is 0 Å². The SMILES string of the molecule is Cc1nc2n(n1)-c1ccc(F)c(N=C(c3ccccc3)c3ccccc3)c1N(C)C2. The van der Waals surface area contributed by atoms with E-state index in [1.54, 1.807) is 10.7 Å². The van der Waals surface area contributed by atoms with Gasteiger partial charge in [-0.2, -0.15) is 5.10 Å². The van der Waals surface area contributed by atoms with Crippen molar-refractivity contribution in [2.24, 2.45) is 4.99 Å². The maximum Gasteiger partial charge on any atom is 0.152 e. The van der Waals surface area contributed by atoms with E-state index in [2.05, 4.69) is 10.1 Å².